The second kappa shape index (κ2) is 1.84. The Balaban J connectivity index is 2.32. The molecule has 1 saturated heterocycles. The van der Waals surface area contributed by atoms with Gasteiger partial charge in [0, 0.05) is 0 Å². The molecule has 0 aromatic carbocycles. The molecule has 0 spiro atoms. The molecular formula is C7H7NO3. The summed E-state index contributed by atoms with van der Waals surface area (Å²) in [5.41, 5.74) is 0. The van der Waals surface area contributed by atoms with Gasteiger partial charge in [-0.15, -0.1) is 0 Å². The van der Waals surface area contributed by atoms with Gasteiger partial charge in [-0.05, 0) is 6.42 Å². The lowest BCUT2D eigenvalue weighted by Crippen LogP contribution is -2.38. The molecule has 0 radical (unpaired) electrons. The summed E-state index contributed by atoms with van der Waals surface area (Å²) in [6.07, 6.45) is 3.07. The molecule has 2 amide bonds. The Morgan fingerprint density at radius 2 is 2.36 bits per heavy atom. The Kier molecular flexibility index (Phi) is 1.07. The maximum Gasteiger partial charge on any atom is 0.414 e. The van der Waals surface area contributed by atoms with Gasteiger partial charge in [0.1, 0.15) is 0 Å². The zero-order valence-electron chi connectivity index (χ0n) is 5.73. The van der Waals surface area contributed by atoms with Crippen molar-refractivity contribution >= 4 is 12.0 Å². The number of likely N-dealkylation sites (tertiary alicyclic amines) is 1. The number of carbonyl (C=O) groups excluding carboxylic acids is 1. The summed E-state index contributed by atoms with van der Waals surface area (Å²) in [4.78, 5) is 22.5. The summed E-state index contributed by atoms with van der Waals surface area (Å²) in [6.45, 7) is 0. The van der Waals surface area contributed by atoms with Crippen LogP contribution in [-0.4, -0.2) is 28.0 Å². The minimum atomic E-state index is -1.13. The molecule has 11 heavy (non-hydrogen) atoms. The predicted octanol–water partition coefficient (Wildman–Crippen LogP) is 0.451. The Bertz CT molecular complexity index is 258. The van der Waals surface area contributed by atoms with Crippen molar-refractivity contribution in [2.24, 2.45) is 5.92 Å². The van der Waals surface area contributed by atoms with Gasteiger partial charge in [0.2, 0.25) is 5.91 Å². The topological polar surface area (TPSA) is 57.6 Å². The third-order valence-corrected chi connectivity index (χ3v) is 2.15. The van der Waals surface area contributed by atoms with Gasteiger partial charge in [0.15, 0.2) is 0 Å². The van der Waals surface area contributed by atoms with Crippen LogP contribution in [0.2, 0.25) is 0 Å². The fourth-order valence-corrected chi connectivity index (χ4v) is 1.63. The molecule has 2 atom stereocenters. The first kappa shape index (κ1) is 6.39. The Hall–Kier alpha value is -1.32. The van der Waals surface area contributed by atoms with Crippen LogP contribution < -0.4 is 0 Å². The lowest BCUT2D eigenvalue weighted by molar-refractivity contribution is -0.128. The highest BCUT2D eigenvalue weighted by Crippen LogP contribution is 2.32. The summed E-state index contributed by atoms with van der Waals surface area (Å²) in [5, 5.41) is 8.58. The third kappa shape index (κ3) is 0.691. The van der Waals surface area contributed by atoms with E-state index in [4.69, 9.17) is 5.11 Å². The quantitative estimate of drug-likeness (QED) is 0.514. The molecule has 0 saturated carbocycles. The second-order valence-electron chi connectivity index (χ2n) is 2.79. The van der Waals surface area contributed by atoms with Gasteiger partial charge in [0.05, 0.1) is 12.0 Å². The lowest BCUT2D eigenvalue weighted by Gasteiger charge is -2.17. The van der Waals surface area contributed by atoms with Crippen LogP contribution in [0.1, 0.15) is 6.42 Å². The highest BCUT2D eigenvalue weighted by Gasteiger charge is 2.44. The summed E-state index contributed by atoms with van der Waals surface area (Å²) >= 11 is 0. The van der Waals surface area contributed by atoms with Gasteiger partial charge < -0.3 is 5.11 Å². The van der Waals surface area contributed by atoms with Crippen LogP contribution in [0.25, 0.3) is 0 Å². The van der Waals surface area contributed by atoms with E-state index in [1.165, 1.54) is 0 Å². The van der Waals surface area contributed by atoms with Crippen molar-refractivity contribution in [3.63, 3.8) is 0 Å². The zero-order valence-corrected chi connectivity index (χ0v) is 5.73. The van der Waals surface area contributed by atoms with E-state index in [9.17, 15) is 9.59 Å². The lowest BCUT2D eigenvalue weighted by atomic mass is 10.1. The number of rotatable bonds is 0. The average molecular weight is 153 g/mol. The molecule has 0 unspecified atom stereocenters. The number of fused-ring (bicyclic) bond motifs is 2. The Morgan fingerprint density at radius 3 is 2.73 bits per heavy atom. The molecule has 2 aliphatic rings. The molecule has 1 N–H and O–H groups in total. The molecule has 1 aliphatic heterocycles. The first-order chi connectivity index (χ1) is 5.20. The molecule has 1 fully saturated rings. The number of hydrogen-bond acceptors (Lipinski definition) is 2. The largest absolute Gasteiger partial charge is 0.465 e. The first-order valence-electron chi connectivity index (χ1n) is 3.44. The van der Waals surface area contributed by atoms with E-state index in [1.807, 2.05) is 0 Å². The number of nitrogens with zero attached hydrogens (tertiary/aromatic N) is 1. The first-order valence-corrected chi connectivity index (χ1v) is 3.44. The van der Waals surface area contributed by atoms with Crippen LogP contribution in [-0.2, 0) is 4.79 Å². The molecule has 58 valence electrons. The van der Waals surface area contributed by atoms with E-state index < -0.39 is 6.09 Å². The second-order valence-corrected chi connectivity index (χ2v) is 2.79. The van der Waals surface area contributed by atoms with Crippen LogP contribution in [0.15, 0.2) is 12.2 Å². The minimum Gasteiger partial charge on any atom is -0.465 e. The number of hydrogen-bond donors (Lipinski definition) is 1. The van der Waals surface area contributed by atoms with Crippen molar-refractivity contribution in [2.45, 2.75) is 12.5 Å². The number of amides is 2. The van der Waals surface area contributed by atoms with Crippen LogP contribution in [0.3, 0.4) is 0 Å². The molecule has 1 heterocycles. The van der Waals surface area contributed by atoms with E-state index in [-0.39, 0.29) is 17.9 Å². The highest BCUT2D eigenvalue weighted by molar-refractivity contribution is 5.97. The number of imide groups is 1. The maximum atomic E-state index is 11.1. The summed E-state index contributed by atoms with van der Waals surface area (Å²) in [6, 6.07) is -0.190. The van der Waals surface area contributed by atoms with Crippen LogP contribution in [0.5, 0.6) is 0 Å². The van der Waals surface area contributed by atoms with Crippen molar-refractivity contribution < 1.29 is 14.7 Å². The van der Waals surface area contributed by atoms with E-state index in [1.54, 1.807) is 12.2 Å². The third-order valence-electron chi connectivity index (χ3n) is 2.15. The van der Waals surface area contributed by atoms with Crippen molar-refractivity contribution in [2.75, 3.05) is 0 Å². The number of carbonyl (C=O) groups is 2. The van der Waals surface area contributed by atoms with Crippen LogP contribution in [0.4, 0.5) is 4.79 Å². The Labute approximate surface area is 63.1 Å². The minimum absolute atomic E-state index is 0.170. The molecule has 2 rings (SSSR count). The van der Waals surface area contributed by atoms with Gasteiger partial charge in [-0.3, -0.25) is 4.79 Å². The molecule has 0 aromatic heterocycles. The molecule has 2 bridgehead atoms. The standard InChI is InChI=1S/C7H7NO3/c9-6-4-1-2-5(3-4)8(6)7(10)11/h1-2,4-5H,3H2,(H,10,11)/t4-,5+/m0/s1. The molecular weight excluding hydrogens is 146 g/mol. The van der Waals surface area contributed by atoms with Crippen molar-refractivity contribution in [3.8, 4) is 0 Å². The summed E-state index contributed by atoms with van der Waals surface area (Å²) < 4.78 is 0. The van der Waals surface area contributed by atoms with Gasteiger partial charge in [0.25, 0.3) is 0 Å². The van der Waals surface area contributed by atoms with Crippen molar-refractivity contribution in [3.05, 3.63) is 12.2 Å². The van der Waals surface area contributed by atoms with Gasteiger partial charge in [-0.1, -0.05) is 12.2 Å². The van der Waals surface area contributed by atoms with Crippen molar-refractivity contribution in [1.82, 2.24) is 4.90 Å². The van der Waals surface area contributed by atoms with E-state index >= 15 is 0 Å². The zero-order chi connectivity index (χ0) is 8.01. The van der Waals surface area contributed by atoms with E-state index in [2.05, 4.69) is 0 Å². The van der Waals surface area contributed by atoms with Crippen molar-refractivity contribution in [1.29, 1.82) is 0 Å². The SMILES string of the molecule is O=C(O)N1C(=O)[C@H]2C=C[C@@H]1C2. The van der Waals surface area contributed by atoms with Gasteiger partial charge in [-0.25, -0.2) is 9.69 Å². The molecule has 0 aromatic rings. The van der Waals surface area contributed by atoms with Crippen LogP contribution >= 0.6 is 0 Å². The monoisotopic (exact) mass is 153 g/mol. The van der Waals surface area contributed by atoms with E-state index in [0.717, 1.165) is 4.90 Å². The fourth-order valence-electron chi connectivity index (χ4n) is 1.63. The fraction of sp³-hybridized carbons (Fsp3) is 0.429. The summed E-state index contributed by atoms with van der Waals surface area (Å²) in [5.74, 6) is -0.443. The van der Waals surface area contributed by atoms with Gasteiger partial charge >= 0.3 is 6.09 Å². The van der Waals surface area contributed by atoms with Crippen LogP contribution in [0, 0.1) is 5.92 Å². The smallest absolute Gasteiger partial charge is 0.414 e. The van der Waals surface area contributed by atoms with E-state index in [0.29, 0.717) is 6.42 Å². The Morgan fingerprint density at radius 1 is 1.64 bits per heavy atom. The molecule has 4 heteroatoms. The molecule has 1 aliphatic carbocycles. The van der Waals surface area contributed by atoms with Gasteiger partial charge in [-0.2, -0.15) is 0 Å². The maximum absolute atomic E-state index is 11.1. The highest BCUT2D eigenvalue weighted by atomic mass is 16.4. The molecule has 4 nitrogen and oxygen atoms in total. The predicted molar refractivity (Wildman–Crippen MR) is 35.9 cm³/mol. The number of carboxylic acid groups (broad SMARTS) is 1. The normalized spacial score (nSPS) is 33.5. The average Bonchev–Trinajstić information content (AvgIpc) is 2.44. The summed E-state index contributed by atoms with van der Waals surface area (Å²) in [7, 11) is 0.